The fraction of sp³-hybridized carbons (Fsp3) is 0.500. The summed E-state index contributed by atoms with van der Waals surface area (Å²) in [6, 6.07) is 5.94. The van der Waals surface area contributed by atoms with Crippen molar-refractivity contribution in [3.8, 4) is 5.75 Å². The minimum absolute atomic E-state index is 0.0456. The third-order valence-corrected chi connectivity index (χ3v) is 3.31. The monoisotopic (exact) mass is 343 g/mol. The summed E-state index contributed by atoms with van der Waals surface area (Å²) >= 11 is 0. The highest BCUT2D eigenvalue weighted by atomic mass is 19.3. The molecule has 1 aromatic rings. The Hall–Kier alpha value is -2.22. The second kappa shape index (κ2) is 9.82. The second-order valence-electron chi connectivity index (χ2n) is 5.16. The SMILES string of the molecule is CCN(CC)C(=O)CN(C)CC(=O)Nc1ccccc1OC(F)F. The highest BCUT2D eigenvalue weighted by Gasteiger charge is 2.16. The van der Waals surface area contributed by atoms with Crippen LogP contribution in [0.3, 0.4) is 0 Å². The van der Waals surface area contributed by atoms with Crippen molar-refractivity contribution < 1.29 is 23.1 Å². The number of hydrogen-bond acceptors (Lipinski definition) is 4. The molecule has 0 radical (unpaired) electrons. The summed E-state index contributed by atoms with van der Waals surface area (Å²) in [7, 11) is 1.64. The van der Waals surface area contributed by atoms with Crippen molar-refractivity contribution in [2.24, 2.45) is 0 Å². The van der Waals surface area contributed by atoms with Crippen molar-refractivity contribution in [1.29, 1.82) is 0 Å². The van der Waals surface area contributed by atoms with Crippen LogP contribution in [0.15, 0.2) is 24.3 Å². The number of rotatable bonds is 9. The second-order valence-corrected chi connectivity index (χ2v) is 5.16. The lowest BCUT2D eigenvalue weighted by atomic mass is 10.3. The van der Waals surface area contributed by atoms with E-state index in [0.29, 0.717) is 13.1 Å². The van der Waals surface area contributed by atoms with E-state index in [4.69, 9.17) is 0 Å². The van der Waals surface area contributed by atoms with Gasteiger partial charge >= 0.3 is 6.61 Å². The molecule has 0 saturated heterocycles. The largest absolute Gasteiger partial charge is 0.433 e. The minimum Gasteiger partial charge on any atom is -0.433 e. The van der Waals surface area contributed by atoms with Gasteiger partial charge in [0.1, 0.15) is 5.75 Å². The average Bonchev–Trinajstić information content (AvgIpc) is 2.49. The van der Waals surface area contributed by atoms with Gasteiger partial charge in [-0.2, -0.15) is 8.78 Å². The normalized spacial score (nSPS) is 10.8. The van der Waals surface area contributed by atoms with Crippen LogP contribution in [0.5, 0.6) is 5.75 Å². The zero-order valence-corrected chi connectivity index (χ0v) is 14.1. The van der Waals surface area contributed by atoms with Gasteiger partial charge in [-0.1, -0.05) is 12.1 Å². The van der Waals surface area contributed by atoms with Crippen LogP contribution in [0, 0.1) is 0 Å². The highest BCUT2D eigenvalue weighted by Crippen LogP contribution is 2.25. The molecule has 0 aromatic heterocycles. The molecule has 0 aliphatic heterocycles. The number of nitrogens with one attached hydrogen (secondary N) is 1. The topological polar surface area (TPSA) is 61.9 Å². The molecular formula is C16H23F2N3O3. The molecule has 0 bridgehead atoms. The van der Waals surface area contributed by atoms with Crippen molar-refractivity contribution in [3.63, 3.8) is 0 Å². The van der Waals surface area contributed by atoms with Gasteiger partial charge in [0.15, 0.2) is 0 Å². The standard InChI is InChI=1S/C16H23F2N3O3/c1-4-21(5-2)15(23)11-20(3)10-14(22)19-12-8-6-7-9-13(12)24-16(17)18/h6-9,16H,4-5,10-11H2,1-3H3,(H,19,22). The van der Waals surface area contributed by atoms with E-state index >= 15 is 0 Å². The average molecular weight is 343 g/mol. The number of anilines is 1. The fourth-order valence-corrected chi connectivity index (χ4v) is 2.17. The Labute approximate surface area is 140 Å². The van der Waals surface area contributed by atoms with Gasteiger partial charge in [-0.25, -0.2) is 0 Å². The smallest absolute Gasteiger partial charge is 0.387 e. The van der Waals surface area contributed by atoms with Crippen LogP contribution in [0.2, 0.25) is 0 Å². The Morgan fingerprint density at radius 3 is 2.38 bits per heavy atom. The molecule has 1 aromatic carbocycles. The number of amides is 2. The molecule has 2 amide bonds. The van der Waals surface area contributed by atoms with Gasteiger partial charge in [0, 0.05) is 13.1 Å². The first-order chi connectivity index (χ1) is 11.4. The van der Waals surface area contributed by atoms with Crippen LogP contribution in [-0.4, -0.2) is 61.5 Å². The molecule has 0 saturated carbocycles. The van der Waals surface area contributed by atoms with Crippen molar-refractivity contribution >= 4 is 17.5 Å². The lowest BCUT2D eigenvalue weighted by Gasteiger charge is -2.22. The summed E-state index contributed by atoms with van der Waals surface area (Å²) < 4.78 is 29.1. The van der Waals surface area contributed by atoms with E-state index in [2.05, 4.69) is 10.1 Å². The first-order valence-electron chi connectivity index (χ1n) is 7.67. The maximum absolute atomic E-state index is 12.3. The van der Waals surface area contributed by atoms with Crippen molar-refractivity contribution in [2.75, 3.05) is 38.5 Å². The predicted molar refractivity (Wildman–Crippen MR) is 87.1 cm³/mol. The molecule has 0 unspecified atom stereocenters. The van der Waals surface area contributed by atoms with Gasteiger partial charge in [-0.05, 0) is 33.0 Å². The Bertz CT molecular complexity index is 551. The summed E-state index contributed by atoms with van der Waals surface area (Å²) in [6.07, 6.45) is 0. The molecule has 0 atom stereocenters. The Balaban J connectivity index is 2.59. The van der Waals surface area contributed by atoms with Gasteiger partial charge in [0.25, 0.3) is 0 Å². The number of halogens is 2. The van der Waals surface area contributed by atoms with Gasteiger partial charge in [-0.15, -0.1) is 0 Å². The van der Waals surface area contributed by atoms with Crippen molar-refractivity contribution in [2.45, 2.75) is 20.5 Å². The van der Waals surface area contributed by atoms with Crippen LogP contribution >= 0.6 is 0 Å². The van der Waals surface area contributed by atoms with Gasteiger partial charge < -0.3 is 15.0 Å². The van der Waals surface area contributed by atoms with Crippen LogP contribution in [0.1, 0.15) is 13.8 Å². The number of para-hydroxylation sites is 2. The molecule has 1 N–H and O–H groups in total. The molecule has 0 aliphatic rings. The molecule has 0 aliphatic carbocycles. The maximum Gasteiger partial charge on any atom is 0.387 e. The molecule has 6 nitrogen and oxygen atoms in total. The third kappa shape index (κ3) is 6.49. The molecule has 24 heavy (non-hydrogen) atoms. The number of carbonyl (C=O) groups excluding carboxylic acids is 2. The van der Waals surface area contributed by atoms with E-state index in [9.17, 15) is 18.4 Å². The van der Waals surface area contributed by atoms with E-state index in [1.165, 1.54) is 18.2 Å². The summed E-state index contributed by atoms with van der Waals surface area (Å²) in [5.41, 5.74) is 0.159. The minimum atomic E-state index is -2.97. The van der Waals surface area contributed by atoms with Crippen LogP contribution in [0.25, 0.3) is 0 Å². The van der Waals surface area contributed by atoms with Crippen LogP contribution < -0.4 is 10.1 Å². The highest BCUT2D eigenvalue weighted by molar-refractivity contribution is 5.94. The zero-order valence-electron chi connectivity index (χ0n) is 14.1. The first kappa shape index (κ1) is 19.8. The number of likely N-dealkylation sites (N-methyl/N-ethyl adjacent to an activating group) is 2. The number of benzene rings is 1. The Morgan fingerprint density at radius 2 is 1.79 bits per heavy atom. The molecule has 134 valence electrons. The third-order valence-electron chi connectivity index (χ3n) is 3.31. The van der Waals surface area contributed by atoms with Gasteiger partial charge in [0.05, 0.1) is 18.8 Å². The summed E-state index contributed by atoms with van der Waals surface area (Å²) in [5, 5.41) is 2.51. The fourth-order valence-electron chi connectivity index (χ4n) is 2.17. The number of carbonyl (C=O) groups is 2. The van der Waals surface area contributed by atoms with E-state index in [0.717, 1.165) is 0 Å². The van der Waals surface area contributed by atoms with Gasteiger partial charge in [-0.3, -0.25) is 14.5 Å². The molecule has 8 heteroatoms. The molecule has 0 fully saturated rings. The Kier molecular flexibility index (Phi) is 8.11. The van der Waals surface area contributed by atoms with E-state index < -0.39 is 12.5 Å². The van der Waals surface area contributed by atoms with Crippen molar-refractivity contribution in [3.05, 3.63) is 24.3 Å². The summed E-state index contributed by atoms with van der Waals surface area (Å²) in [4.78, 5) is 27.2. The summed E-state index contributed by atoms with van der Waals surface area (Å²) in [6.45, 7) is 2.06. The number of nitrogens with zero attached hydrogens (tertiary/aromatic N) is 2. The maximum atomic E-state index is 12.3. The molecule has 1 rings (SSSR count). The zero-order chi connectivity index (χ0) is 18.1. The van der Waals surface area contributed by atoms with E-state index in [1.54, 1.807) is 22.9 Å². The number of hydrogen-bond donors (Lipinski definition) is 1. The lowest BCUT2D eigenvalue weighted by molar-refractivity contribution is -0.132. The summed E-state index contributed by atoms with van der Waals surface area (Å²) in [5.74, 6) is -0.602. The quantitative estimate of drug-likeness (QED) is 0.745. The van der Waals surface area contributed by atoms with E-state index in [-0.39, 0.29) is 30.4 Å². The Morgan fingerprint density at radius 1 is 1.17 bits per heavy atom. The van der Waals surface area contributed by atoms with Crippen molar-refractivity contribution in [1.82, 2.24) is 9.80 Å². The van der Waals surface area contributed by atoms with Crippen LogP contribution in [-0.2, 0) is 9.59 Å². The number of alkyl halides is 2. The predicted octanol–water partition coefficient (Wildman–Crippen LogP) is 2.03. The molecule has 0 heterocycles. The van der Waals surface area contributed by atoms with Crippen LogP contribution in [0.4, 0.5) is 14.5 Å². The number of ether oxygens (including phenoxy) is 1. The lowest BCUT2D eigenvalue weighted by Crippen LogP contribution is -2.41. The van der Waals surface area contributed by atoms with E-state index in [1.807, 2.05) is 13.8 Å². The molecule has 0 spiro atoms. The molecular weight excluding hydrogens is 320 g/mol. The van der Waals surface area contributed by atoms with Gasteiger partial charge in [0.2, 0.25) is 11.8 Å². The first-order valence-corrected chi connectivity index (χ1v) is 7.67.